The van der Waals surface area contributed by atoms with Crippen LogP contribution >= 0.6 is 0 Å². The summed E-state index contributed by atoms with van der Waals surface area (Å²) < 4.78 is 25.9. The lowest BCUT2D eigenvalue weighted by atomic mass is 10.1. The highest BCUT2D eigenvalue weighted by molar-refractivity contribution is 5.76. The van der Waals surface area contributed by atoms with Crippen molar-refractivity contribution in [3.8, 4) is 0 Å². The van der Waals surface area contributed by atoms with Crippen LogP contribution in [0.3, 0.4) is 0 Å². The zero-order valence-electron chi connectivity index (χ0n) is 10.6. The van der Waals surface area contributed by atoms with E-state index in [1.165, 1.54) is 11.0 Å². The first-order valence-electron chi connectivity index (χ1n) is 5.88. The number of hydrogen-bond acceptors (Lipinski definition) is 2. The van der Waals surface area contributed by atoms with E-state index in [1.807, 2.05) is 0 Å². The largest absolute Gasteiger partial charge is 0.339 e. The first-order chi connectivity index (χ1) is 8.47. The molecule has 0 spiro atoms. The van der Waals surface area contributed by atoms with Crippen LogP contribution in [0, 0.1) is 11.6 Å². The zero-order valence-corrected chi connectivity index (χ0v) is 10.6. The molecule has 1 unspecified atom stereocenters. The summed E-state index contributed by atoms with van der Waals surface area (Å²) in [5.41, 5.74) is 5.91. The number of rotatable bonds is 5. The molecule has 0 heterocycles. The van der Waals surface area contributed by atoms with Crippen LogP contribution in [0.1, 0.15) is 31.4 Å². The Bertz CT molecular complexity index is 423. The molecule has 100 valence electrons. The third-order valence-corrected chi connectivity index (χ3v) is 3.00. The van der Waals surface area contributed by atoms with Crippen LogP contribution in [0.25, 0.3) is 0 Å². The van der Waals surface area contributed by atoms with Gasteiger partial charge in [-0.05, 0) is 37.6 Å². The third kappa shape index (κ3) is 3.50. The summed E-state index contributed by atoms with van der Waals surface area (Å²) in [6.45, 7) is 2.23. The number of carbonyl (C=O) groups is 1. The highest BCUT2D eigenvalue weighted by Crippen LogP contribution is 2.21. The minimum Gasteiger partial charge on any atom is -0.339 e. The van der Waals surface area contributed by atoms with Crippen molar-refractivity contribution < 1.29 is 13.6 Å². The second kappa shape index (κ2) is 6.44. The molecule has 0 aliphatic carbocycles. The van der Waals surface area contributed by atoms with Gasteiger partial charge in [-0.15, -0.1) is 0 Å². The van der Waals surface area contributed by atoms with Crippen molar-refractivity contribution in [2.45, 2.75) is 25.8 Å². The molecule has 0 radical (unpaired) electrons. The summed E-state index contributed by atoms with van der Waals surface area (Å²) in [5, 5.41) is 0. The van der Waals surface area contributed by atoms with Gasteiger partial charge < -0.3 is 10.6 Å². The van der Waals surface area contributed by atoms with E-state index in [9.17, 15) is 13.6 Å². The van der Waals surface area contributed by atoms with Crippen LogP contribution in [0.4, 0.5) is 8.78 Å². The van der Waals surface area contributed by atoms with Crippen LogP contribution in [0.5, 0.6) is 0 Å². The van der Waals surface area contributed by atoms with E-state index >= 15 is 0 Å². The SMILES string of the molecule is CC(c1ccc(F)c(F)c1)N(C)C(=O)CCCN. The monoisotopic (exact) mass is 256 g/mol. The number of nitrogens with zero attached hydrogens (tertiary/aromatic N) is 1. The Morgan fingerprint density at radius 3 is 2.61 bits per heavy atom. The molecule has 1 rings (SSSR count). The fourth-order valence-corrected chi connectivity index (χ4v) is 1.64. The van der Waals surface area contributed by atoms with Crippen LogP contribution in [0.2, 0.25) is 0 Å². The quantitative estimate of drug-likeness (QED) is 0.878. The average molecular weight is 256 g/mol. The van der Waals surface area contributed by atoms with Crippen molar-refractivity contribution in [2.24, 2.45) is 5.73 Å². The maximum absolute atomic E-state index is 13.1. The van der Waals surface area contributed by atoms with Crippen LogP contribution in [0.15, 0.2) is 18.2 Å². The fourth-order valence-electron chi connectivity index (χ4n) is 1.64. The van der Waals surface area contributed by atoms with Gasteiger partial charge in [0.05, 0.1) is 6.04 Å². The normalized spacial score (nSPS) is 12.3. The molecule has 1 atom stereocenters. The molecule has 0 fully saturated rings. The van der Waals surface area contributed by atoms with E-state index in [0.717, 1.165) is 12.1 Å². The maximum Gasteiger partial charge on any atom is 0.222 e. The molecule has 3 nitrogen and oxygen atoms in total. The van der Waals surface area contributed by atoms with E-state index in [1.54, 1.807) is 14.0 Å². The van der Waals surface area contributed by atoms with E-state index in [2.05, 4.69) is 0 Å². The van der Waals surface area contributed by atoms with Crippen molar-refractivity contribution in [1.29, 1.82) is 0 Å². The molecule has 5 heteroatoms. The van der Waals surface area contributed by atoms with E-state index in [4.69, 9.17) is 5.73 Å². The number of halogens is 2. The topological polar surface area (TPSA) is 46.3 Å². The lowest BCUT2D eigenvalue weighted by molar-refractivity contribution is -0.131. The molecule has 0 aromatic heterocycles. The van der Waals surface area contributed by atoms with Gasteiger partial charge in [-0.2, -0.15) is 0 Å². The van der Waals surface area contributed by atoms with Crippen LogP contribution < -0.4 is 5.73 Å². The van der Waals surface area contributed by atoms with Gasteiger partial charge >= 0.3 is 0 Å². The van der Waals surface area contributed by atoms with E-state index in [0.29, 0.717) is 24.9 Å². The molecular formula is C13H18F2N2O. The predicted molar refractivity (Wildman–Crippen MR) is 65.8 cm³/mol. The van der Waals surface area contributed by atoms with Gasteiger partial charge in [0.15, 0.2) is 11.6 Å². The zero-order chi connectivity index (χ0) is 13.7. The second-order valence-electron chi connectivity index (χ2n) is 4.25. The number of benzene rings is 1. The number of hydrogen-bond donors (Lipinski definition) is 1. The Morgan fingerprint density at radius 2 is 2.06 bits per heavy atom. The molecule has 18 heavy (non-hydrogen) atoms. The molecule has 0 saturated heterocycles. The van der Waals surface area contributed by atoms with Crippen molar-refractivity contribution in [3.63, 3.8) is 0 Å². The highest BCUT2D eigenvalue weighted by atomic mass is 19.2. The molecule has 0 aliphatic rings. The summed E-state index contributed by atoms with van der Waals surface area (Å²) >= 11 is 0. The Balaban J connectivity index is 2.76. The van der Waals surface area contributed by atoms with Crippen molar-refractivity contribution in [2.75, 3.05) is 13.6 Å². The summed E-state index contributed by atoms with van der Waals surface area (Å²) in [4.78, 5) is 13.3. The van der Waals surface area contributed by atoms with Gasteiger partial charge in [-0.1, -0.05) is 6.07 Å². The highest BCUT2D eigenvalue weighted by Gasteiger charge is 2.18. The summed E-state index contributed by atoms with van der Waals surface area (Å²) in [6.07, 6.45) is 0.981. The Hall–Kier alpha value is -1.49. The Morgan fingerprint density at radius 1 is 1.39 bits per heavy atom. The van der Waals surface area contributed by atoms with Gasteiger partial charge in [-0.3, -0.25) is 4.79 Å². The van der Waals surface area contributed by atoms with Gasteiger partial charge in [0.25, 0.3) is 0 Å². The summed E-state index contributed by atoms with van der Waals surface area (Å²) in [6, 6.07) is 3.37. The Labute approximate surface area is 106 Å². The van der Waals surface area contributed by atoms with E-state index in [-0.39, 0.29) is 11.9 Å². The predicted octanol–water partition coefficient (Wildman–Crippen LogP) is 2.22. The number of amides is 1. The number of carbonyl (C=O) groups excluding carboxylic acids is 1. The molecule has 1 aromatic rings. The summed E-state index contributed by atoms with van der Waals surface area (Å²) in [5.74, 6) is -1.84. The van der Waals surface area contributed by atoms with Crippen molar-refractivity contribution in [3.05, 3.63) is 35.4 Å². The smallest absolute Gasteiger partial charge is 0.222 e. The standard InChI is InChI=1S/C13H18F2N2O/c1-9(17(2)13(18)4-3-7-16)10-5-6-11(14)12(15)8-10/h5-6,8-9H,3-4,7,16H2,1-2H3. The minimum atomic E-state index is -0.901. The second-order valence-corrected chi connectivity index (χ2v) is 4.25. The molecule has 1 aromatic carbocycles. The van der Waals surface area contributed by atoms with Crippen LogP contribution in [-0.4, -0.2) is 24.4 Å². The lowest BCUT2D eigenvalue weighted by Crippen LogP contribution is -2.30. The number of nitrogens with two attached hydrogens (primary N) is 1. The molecule has 1 amide bonds. The molecule has 0 bridgehead atoms. The lowest BCUT2D eigenvalue weighted by Gasteiger charge is -2.25. The van der Waals surface area contributed by atoms with Gasteiger partial charge in [-0.25, -0.2) is 8.78 Å². The molecule has 0 saturated carbocycles. The molecule has 2 N–H and O–H groups in total. The van der Waals surface area contributed by atoms with Gasteiger partial charge in [0, 0.05) is 13.5 Å². The first-order valence-corrected chi connectivity index (χ1v) is 5.88. The Kier molecular flexibility index (Phi) is 5.22. The van der Waals surface area contributed by atoms with Crippen LogP contribution in [-0.2, 0) is 4.79 Å². The minimum absolute atomic E-state index is 0.0577. The maximum atomic E-state index is 13.1. The molecular weight excluding hydrogens is 238 g/mol. The third-order valence-electron chi connectivity index (χ3n) is 3.00. The fraction of sp³-hybridized carbons (Fsp3) is 0.462. The average Bonchev–Trinajstić information content (AvgIpc) is 2.37. The van der Waals surface area contributed by atoms with Gasteiger partial charge in [0.2, 0.25) is 5.91 Å². The van der Waals surface area contributed by atoms with Gasteiger partial charge in [0.1, 0.15) is 0 Å². The van der Waals surface area contributed by atoms with Crippen molar-refractivity contribution in [1.82, 2.24) is 4.90 Å². The summed E-state index contributed by atoms with van der Waals surface area (Å²) in [7, 11) is 1.64. The van der Waals surface area contributed by atoms with Crippen molar-refractivity contribution >= 4 is 5.91 Å². The molecule has 0 aliphatic heterocycles. The van der Waals surface area contributed by atoms with E-state index < -0.39 is 11.6 Å². The first kappa shape index (κ1) is 14.6.